The van der Waals surface area contributed by atoms with Gasteiger partial charge in [-0.25, -0.2) is 0 Å². The van der Waals surface area contributed by atoms with Crippen LogP contribution in [0.25, 0.3) is 0 Å². The molecule has 0 amide bonds. The zero-order valence-electron chi connectivity index (χ0n) is 7.53. The molecule has 0 heterocycles. The van der Waals surface area contributed by atoms with Crippen LogP contribution in [-0.4, -0.2) is 5.11 Å². The van der Waals surface area contributed by atoms with E-state index in [-0.39, 0.29) is 0 Å². The van der Waals surface area contributed by atoms with Crippen molar-refractivity contribution >= 4 is 0 Å². The molecule has 0 aromatic carbocycles. The van der Waals surface area contributed by atoms with Gasteiger partial charge >= 0.3 is 0 Å². The summed E-state index contributed by atoms with van der Waals surface area (Å²) < 4.78 is 0. The molecule has 1 atom stereocenters. The number of aliphatic hydroxyl groups is 1. The molecule has 1 nitrogen and oxygen atoms in total. The fraction of sp³-hybridized carbons (Fsp3) is 0.455. The van der Waals surface area contributed by atoms with E-state index in [2.05, 4.69) is 19.1 Å². The minimum atomic E-state index is 0.352. The van der Waals surface area contributed by atoms with Crippen LogP contribution < -0.4 is 0 Å². The Morgan fingerprint density at radius 3 is 3.00 bits per heavy atom. The monoisotopic (exact) mass is 164 g/mol. The van der Waals surface area contributed by atoms with Crippen LogP contribution >= 0.6 is 0 Å². The Morgan fingerprint density at radius 2 is 2.25 bits per heavy atom. The van der Waals surface area contributed by atoms with Crippen LogP contribution in [0.4, 0.5) is 0 Å². The molecule has 0 bridgehead atoms. The van der Waals surface area contributed by atoms with Crippen molar-refractivity contribution in [2.24, 2.45) is 5.92 Å². The van der Waals surface area contributed by atoms with Gasteiger partial charge in [0.05, 0.1) is 0 Å². The summed E-state index contributed by atoms with van der Waals surface area (Å²) in [6, 6.07) is 0. The number of allylic oxidation sites excluding steroid dienone is 5. The van der Waals surface area contributed by atoms with Crippen LogP contribution in [0.3, 0.4) is 0 Å². The summed E-state index contributed by atoms with van der Waals surface area (Å²) in [5.41, 5.74) is 0. The average Bonchev–Trinajstić information content (AvgIpc) is 2.27. The lowest BCUT2D eigenvalue weighted by Gasteiger charge is -2.04. The van der Waals surface area contributed by atoms with Crippen LogP contribution in [-0.2, 0) is 0 Å². The molecule has 1 N–H and O–H groups in total. The fourth-order valence-corrected chi connectivity index (χ4v) is 1.27. The van der Waals surface area contributed by atoms with Crippen LogP contribution in [0.5, 0.6) is 0 Å². The quantitative estimate of drug-likeness (QED) is 0.678. The van der Waals surface area contributed by atoms with Crippen LogP contribution in [0.1, 0.15) is 26.2 Å². The largest absolute Gasteiger partial charge is 0.508 e. The summed E-state index contributed by atoms with van der Waals surface area (Å²) in [7, 11) is 0. The molecular formula is C11H16O. The molecule has 0 saturated heterocycles. The Morgan fingerprint density at radius 1 is 1.42 bits per heavy atom. The van der Waals surface area contributed by atoms with E-state index in [1.54, 1.807) is 12.2 Å². The summed E-state index contributed by atoms with van der Waals surface area (Å²) >= 11 is 0. The predicted molar refractivity (Wildman–Crippen MR) is 52.0 cm³/mol. The van der Waals surface area contributed by atoms with Gasteiger partial charge in [-0.3, -0.25) is 0 Å². The van der Waals surface area contributed by atoms with E-state index < -0.39 is 0 Å². The highest BCUT2D eigenvalue weighted by atomic mass is 16.3. The molecule has 0 radical (unpaired) electrons. The second kappa shape index (κ2) is 4.81. The smallest absolute Gasteiger partial charge is 0.115 e. The lowest BCUT2D eigenvalue weighted by molar-refractivity contribution is 0.432. The first kappa shape index (κ1) is 9.11. The normalized spacial score (nSPS) is 22.1. The maximum atomic E-state index is 9.16. The van der Waals surface area contributed by atoms with Gasteiger partial charge in [0.15, 0.2) is 0 Å². The lowest BCUT2D eigenvalue weighted by atomic mass is 10.0. The number of hydrogen-bond acceptors (Lipinski definition) is 1. The average molecular weight is 164 g/mol. The number of unbranched alkanes of at least 4 members (excludes halogenated alkanes) is 1. The van der Waals surface area contributed by atoms with E-state index in [0.717, 1.165) is 0 Å². The van der Waals surface area contributed by atoms with Crippen LogP contribution in [0, 0.1) is 5.92 Å². The highest BCUT2D eigenvalue weighted by Crippen LogP contribution is 2.15. The maximum absolute atomic E-state index is 9.16. The van der Waals surface area contributed by atoms with Crippen molar-refractivity contribution in [3.8, 4) is 0 Å². The van der Waals surface area contributed by atoms with Gasteiger partial charge in [-0.1, -0.05) is 38.0 Å². The van der Waals surface area contributed by atoms with Crippen LogP contribution in [0.2, 0.25) is 0 Å². The lowest BCUT2D eigenvalue weighted by Crippen LogP contribution is -1.90. The molecule has 0 aromatic heterocycles. The molecule has 0 aromatic rings. The molecule has 66 valence electrons. The molecule has 1 heteroatoms. The Labute approximate surface area is 74.1 Å². The van der Waals surface area contributed by atoms with Crippen molar-refractivity contribution < 1.29 is 5.11 Å². The van der Waals surface area contributed by atoms with Crippen molar-refractivity contribution in [3.05, 3.63) is 36.1 Å². The van der Waals surface area contributed by atoms with Gasteiger partial charge in [-0.05, 0) is 24.5 Å². The van der Waals surface area contributed by atoms with Gasteiger partial charge in [0, 0.05) is 0 Å². The van der Waals surface area contributed by atoms with E-state index >= 15 is 0 Å². The zero-order valence-corrected chi connectivity index (χ0v) is 7.53. The summed E-state index contributed by atoms with van der Waals surface area (Å²) in [6.45, 7) is 2.19. The minimum absolute atomic E-state index is 0.352. The van der Waals surface area contributed by atoms with E-state index in [1.807, 2.05) is 6.08 Å². The van der Waals surface area contributed by atoms with Gasteiger partial charge in [0.1, 0.15) is 5.76 Å². The Balaban J connectivity index is 2.44. The number of rotatable bonds is 3. The predicted octanol–water partition coefficient (Wildman–Crippen LogP) is 3.36. The van der Waals surface area contributed by atoms with Gasteiger partial charge in [-0.15, -0.1) is 0 Å². The molecule has 0 fully saturated rings. The molecule has 1 aliphatic rings. The second-order valence-electron chi connectivity index (χ2n) is 3.14. The molecule has 12 heavy (non-hydrogen) atoms. The van der Waals surface area contributed by atoms with E-state index in [0.29, 0.717) is 11.7 Å². The van der Waals surface area contributed by atoms with Crippen molar-refractivity contribution in [1.82, 2.24) is 0 Å². The Kier molecular flexibility index (Phi) is 3.65. The number of hydrogen-bond donors (Lipinski definition) is 1. The molecular weight excluding hydrogens is 148 g/mol. The molecule has 1 unspecified atom stereocenters. The Hall–Kier alpha value is -0.980. The van der Waals surface area contributed by atoms with Crippen molar-refractivity contribution in [1.29, 1.82) is 0 Å². The third-order valence-electron chi connectivity index (χ3n) is 2.03. The van der Waals surface area contributed by atoms with Gasteiger partial charge in [-0.2, -0.15) is 0 Å². The first-order valence-corrected chi connectivity index (χ1v) is 4.58. The highest BCUT2D eigenvalue weighted by Gasteiger charge is 2.01. The molecule has 1 aliphatic carbocycles. The van der Waals surface area contributed by atoms with Gasteiger partial charge in [0.25, 0.3) is 0 Å². The fourth-order valence-electron chi connectivity index (χ4n) is 1.27. The minimum Gasteiger partial charge on any atom is -0.508 e. The third-order valence-corrected chi connectivity index (χ3v) is 2.03. The molecule has 1 rings (SSSR count). The maximum Gasteiger partial charge on any atom is 0.115 e. The van der Waals surface area contributed by atoms with Crippen LogP contribution in [0.15, 0.2) is 36.1 Å². The first-order valence-electron chi connectivity index (χ1n) is 4.58. The van der Waals surface area contributed by atoms with E-state index in [1.165, 1.54) is 19.3 Å². The van der Waals surface area contributed by atoms with Crippen molar-refractivity contribution in [2.75, 3.05) is 0 Å². The topological polar surface area (TPSA) is 20.2 Å². The second-order valence-corrected chi connectivity index (χ2v) is 3.14. The highest BCUT2D eigenvalue weighted by molar-refractivity contribution is 5.23. The SMILES string of the molecule is CCCCC1C=CC=C(O)C=C1. The van der Waals surface area contributed by atoms with Crippen molar-refractivity contribution in [2.45, 2.75) is 26.2 Å². The molecule has 0 aliphatic heterocycles. The van der Waals surface area contributed by atoms with Crippen molar-refractivity contribution in [3.63, 3.8) is 0 Å². The summed E-state index contributed by atoms with van der Waals surface area (Å²) in [5.74, 6) is 0.857. The summed E-state index contributed by atoms with van der Waals surface area (Å²) in [6.07, 6.45) is 13.3. The first-order chi connectivity index (χ1) is 5.83. The summed E-state index contributed by atoms with van der Waals surface area (Å²) in [4.78, 5) is 0. The number of aliphatic hydroxyl groups excluding tert-OH is 1. The third kappa shape index (κ3) is 2.95. The Bertz CT molecular complexity index is 211. The van der Waals surface area contributed by atoms with Gasteiger partial charge in [0.2, 0.25) is 0 Å². The van der Waals surface area contributed by atoms with E-state index in [9.17, 15) is 0 Å². The summed E-state index contributed by atoms with van der Waals surface area (Å²) in [5, 5.41) is 9.16. The van der Waals surface area contributed by atoms with E-state index in [4.69, 9.17) is 5.11 Å². The molecule has 0 saturated carbocycles. The zero-order chi connectivity index (χ0) is 8.81. The standard InChI is InChI=1S/C11H16O/c1-2-3-5-10-6-4-7-11(12)9-8-10/h4,6-10,12H,2-3,5H2,1H3. The van der Waals surface area contributed by atoms with Gasteiger partial charge < -0.3 is 5.11 Å². The molecule has 0 spiro atoms.